The summed E-state index contributed by atoms with van der Waals surface area (Å²) < 4.78 is 5.17. The van der Waals surface area contributed by atoms with Crippen LogP contribution >= 0.6 is 11.8 Å². The third kappa shape index (κ3) is 4.42. The number of Topliss-reactive ketones (excluding diaryl/α,β-unsaturated/α-hetero) is 1. The van der Waals surface area contributed by atoms with Crippen molar-refractivity contribution in [1.82, 2.24) is 4.98 Å². The maximum Gasteiger partial charge on any atom is 0.192 e. The van der Waals surface area contributed by atoms with Crippen molar-refractivity contribution in [3.63, 3.8) is 0 Å². The maximum atomic E-state index is 12.5. The molecule has 5 heteroatoms. The number of methoxy groups -OCH3 is 1. The van der Waals surface area contributed by atoms with Gasteiger partial charge in [0.1, 0.15) is 5.75 Å². The molecule has 3 rings (SSSR count). The third-order valence-electron chi connectivity index (χ3n) is 4.68. The molecule has 0 fully saturated rings. The summed E-state index contributed by atoms with van der Waals surface area (Å²) in [6, 6.07) is 13.4. The number of hydrogen-bond acceptors (Lipinski definition) is 4. The Hall–Kier alpha value is -2.53. The quantitative estimate of drug-likeness (QED) is 0.597. The normalized spacial score (nSPS) is 12.1. The molecule has 1 aromatic heterocycles. The van der Waals surface area contributed by atoms with Crippen LogP contribution in [0.15, 0.2) is 48.7 Å². The predicted octanol–water partition coefficient (Wildman–Crippen LogP) is 4.81. The minimum atomic E-state index is -0.154. The van der Waals surface area contributed by atoms with Crippen LogP contribution in [0.2, 0.25) is 0 Å². The number of rotatable bonds is 7. The van der Waals surface area contributed by atoms with E-state index < -0.39 is 0 Å². The van der Waals surface area contributed by atoms with E-state index in [-0.39, 0.29) is 22.6 Å². The Kier molecular flexibility index (Phi) is 6.01. The van der Waals surface area contributed by atoms with Crippen LogP contribution < -0.4 is 4.74 Å². The van der Waals surface area contributed by atoms with Crippen LogP contribution in [0, 0.1) is 12.8 Å². The van der Waals surface area contributed by atoms with Gasteiger partial charge in [0, 0.05) is 28.6 Å². The Bertz CT molecular complexity index is 977. The van der Waals surface area contributed by atoms with Gasteiger partial charge in [-0.05, 0) is 48.7 Å². The Balaban J connectivity index is 1.59. The van der Waals surface area contributed by atoms with Crippen molar-refractivity contribution in [2.45, 2.75) is 20.3 Å². The predicted molar refractivity (Wildman–Crippen MR) is 111 cm³/mol. The highest BCUT2D eigenvalue weighted by Crippen LogP contribution is 2.24. The largest absolute Gasteiger partial charge is 0.497 e. The Labute approximate surface area is 163 Å². The van der Waals surface area contributed by atoms with Gasteiger partial charge in [0.05, 0.1) is 12.9 Å². The summed E-state index contributed by atoms with van der Waals surface area (Å²) in [5.41, 5.74) is 3.70. The van der Waals surface area contributed by atoms with Crippen LogP contribution in [0.25, 0.3) is 10.9 Å². The molecule has 0 bridgehead atoms. The number of fused-ring (bicyclic) bond motifs is 1. The fraction of sp³-hybridized carbons (Fsp3) is 0.273. The van der Waals surface area contributed by atoms with Crippen LogP contribution in [0.5, 0.6) is 5.75 Å². The second-order valence-electron chi connectivity index (χ2n) is 6.68. The standard InChI is InChI=1S/C22H23NO3S/c1-14-11-17(26-3)8-9-18(14)21(24)13-27-22(25)15(2)10-16-12-23-20-7-5-4-6-19(16)20/h4-9,11-12,15,23H,10,13H2,1-3H3/t15-/m0/s1. The van der Waals surface area contributed by atoms with Crippen molar-refractivity contribution in [1.29, 1.82) is 0 Å². The molecule has 0 aliphatic rings. The van der Waals surface area contributed by atoms with E-state index >= 15 is 0 Å². The number of benzene rings is 2. The van der Waals surface area contributed by atoms with Crippen LogP contribution in [-0.4, -0.2) is 28.7 Å². The Morgan fingerprint density at radius 3 is 2.70 bits per heavy atom. The molecule has 0 aliphatic heterocycles. The van der Waals surface area contributed by atoms with Crippen LogP contribution in [-0.2, 0) is 11.2 Å². The number of thioether (sulfide) groups is 1. The average Bonchev–Trinajstić information content (AvgIpc) is 3.08. The molecule has 0 radical (unpaired) electrons. The second kappa shape index (κ2) is 8.44. The smallest absolute Gasteiger partial charge is 0.192 e. The second-order valence-corrected chi connectivity index (χ2v) is 7.66. The molecule has 0 aliphatic carbocycles. The number of aromatic nitrogens is 1. The molecule has 0 saturated heterocycles. The first-order valence-electron chi connectivity index (χ1n) is 8.89. The van der Waals surface area contributed by atoms with E-state index in [9.17, 15) is 9.59 Å². The summed E-state index contributed by atoms with van der Waals surface area (Å²) in [5, 5.41) is 1.19. The number of H-pyrrole nitrogens is 1. The number of para-hydroxylation sites is 1. The van der Waals surface area contributed by atoms with Gasteiger partial charge in [-0.15, -0.1) is 0 Å². The zero-order valence-corrected chi connectivity index (χ0v) is 16.6. The average molecular weight is 381 g/mol. The molecule has 0 spiro atoms. The Morgan fingerprint density at radius 2 is 1.96 bits per heavy atom. The molecule has 4 nitrogen and oxygen atoms in total. The van der Waals surface area contributed by atoms with Gasteiger partial charge in [-0.25, -0.2) is 0 Å². The van der Waals surface area contributed by atoms with Crippen molar-refractivity contribution >= 4 is 33.6 Å². The number of ether oxygens (including phenoxy) is 1. The van der Waals surface area contributed by atoms with E-state index in [0.29, 0.717) is 12.0 Å². The molecule has 2 aromatic carbocycles. The number of hydrogen-bond donors (Lipinski definition) is 1. The number of nitrogens with one attached hydrogen (secondary N) is 1. The SMILES string of the molecule is COc1ccc(C(=O)CSC(=O)[C@@H](C)Cc2c[nH]c3ccccc23)c(C)c1. The fourth-order valence-electron chi connectivity index (χ4n) is 3.15. The topological polar surface area (TPSA) is 59.2 Å². The van der Waals surface area contributed by atoms with Gasteiger partial charge in [0.15, 0.2) is 10.9 Å². The first kappa shape index (κ1) is 19.2. The fourth-order valence-corrected chi connectivity index (χ4v) is 3.94. The lowest BCUT2D eigenvalue weighted by atomic mass is 10.0. The van der Waals surface area contributed by atoms with E-state index in [1.807, 2.05) is 44.3 Å². The van der Waals surface area contributed by atoms with Crippen molar-refractivity contribution in [3.8, 4) is 5.75 Å². The molecular formula is C22H23NO3S. The molecule has 140 valence electrons. The van der Waals surface area contributed by atoms with Gasteiger partial charge in [-0.2, -0.15) is 0 Å². The van der Waals surface area contributed by atoms with E-state index in [1.54, 1.807) is 19.2 Å². The van der Waals surface area contributed by atoms with E-state index in [0.717, 1.165) is 39.5 Å². The molecule has 0 saturated carbocycles. The molecule has 1 atom stereocenters. The molecule has 0 amide bonds. The first-order chi connectivity index (χ1) is 13.0. The summed E-state index contributed by atoms with van der Waals surface area (Å²) in [5.74, 6) is 0.691. The summed E-state index contributed by atoms with van der Waals surface area (Å²) in [6.07, 6.45) is 2.62. The zero-order chi connectivity index (χ0) is 19.4. The summed E-state index contributed by atoms with van der Waals surface area (Å²) >= 11 is 1.10. The van der Waals surface area contributed by atoms with Gasteiger partial charge in [-0.1, -0.05) is 36.9 Å². The molecular weight excluding hydrogens is 358 g/mol. The monoisotopic (exact) mass is 381 g/mol. The van der Waals surface area contributed by atoms with Crippen molar-refractivity contribution in [3.05, 3.63) is 65.4 Å². The molecule has 1 heterocycles. The number of ketones is 1. The lowest BCUT2D eigenvalue weighted by molar-refractivity contribution is -0.113. The lowest BCUT2D eigenvalue weighted by Gasteiger charge is -2.10. The number of aryl methyl sites for hydroxylation is 1. The highest BCUT2D eigenvalue weighted by atomic mass is 32.2. The van der Waals surface area contributed by atoms with Crippen LogP contribution in [0.1, 0.15) is 28.4 Å². The lowest BCUT2D eigenvalue weighted by Crippen LogP contribution is -2.13. The van der Waals surface area contributed by atoms with Crippen molar-refractivity contribution < 1.29 is 14.3 Å². The highest BCUT2D eigenvalue weighted by Gasteiger charge is 2.19. The van der Waals surface area contributed by atoms with Gasteiger partial charge in [-0.3, -0.25) is 9.59 Å². The summed E-state index contributed by atoms with van der Waals surface area (Å²) in [7, 11) is 1.60. The van der Waals surface area contributed by atoms with E-state index in [4.69, 9.17) is 4.74 Å². The van der Waals surface area contributed by atoms with Gasteiger partial charge in [0.25, 0.3) is 0 Å². The maximum absolute atomic E-state index is 12.5. The van der Waals surface area contributed by atoms with Gasteiger partial charge in [0.2, 0.25) is 0 Å². The van der Waals surface area contributed by atoms with Crippen molar-refractivity contribution in [2.24, 2.45) is 5.92 Å². The highest BCUT2D eigenvalue weighted by molar-refractivity contribution is 8.14. The van der Waals surface area contributed by atoms with Gasteiger partial charge < -0.3 is 9.72 Å². The van der Waals surface area contributed by atoms with Crippen LogP contribution in [0.3, 0.4) is 0 Å². The molecule has 0 unspecified atom stereocenters. The summed E-state index contributed by atoms with van der Waals surface area (Å²) in [6.45, 7) is 3.79. The Morgan fingerprint density at radius 1 is 1.19 bits per heavy atom. The molecule has 3 aromatic rings. The first-order valence-corrected chi connectivity index (χ1v) is 9.87. The third-order valence-corrected chi connectivity index (χ3v) is 5.78. The number of carbonyl (C=O) groups excluding carboxylic acids is 2. The van der Waals surface area contributed by atoms with E-state index in [1.165, 1.54) is 0 Å². The number of aromatic amines is 1. The minimum Gasteiger partial charge on any atom is -0.497 e. The van der Waals surface area contributed by atoms with E-state index in [2.05, 4.69) is 11.1 Å². The molecule has 27 heavy (non-hydrogen) atoms. The van der Waals surface area contributed by atoms with Crippen molar-refractivity contribution in [2.75, 3.05) is 12.9 Å². The number of carbonyl (C=O) groups is 2. The van der Waals surface area contributed by atoms with Gasteiger partial charge >= 0.3 is 0 Å². The summed E-state index contributed by atoms with van der Waals surface area (Å²) in [4.78, 5) is 28.2. The van der Waals surface area contributed by atoms with Crippen LogP contribution in [0.4, 0.5) is 0 Å². The zero-order valence-electron chi connectivity index (χ0n) is 15.7. The molecule has 1 N–H and O–H groups in total. The minimum absolute atomic E-state index is 0.0344.